The van der Waals surface area contributed by atoms with Crippen LogP contribution in [0.2, 0.25) is 0 Å². The number of para-hydroxylation sites is 1. The summed E-state index contributed by atoms with van der Waals surface area (Å²) in [5.74, 6) is 2.53. The third-order valence-electron chi connectivity index (χ3n) is 6.80. The van der Waals surface area contributed by atoms with Crippen molar-refractivity contribution in [1.82, 2.24) is 4.90 Å². The monoisotopic (exact) mass is 342 g/mol. The Hall–Kier alpha value is -1.55. The van der Waals surface area contributed by atoms with Gasteiger partial charge in [0.15, 0.2) is 0 Å². The highest BCUT2D eigenvalue weighted by Gasteiger charge is 2.43. The van der Waals surface area contributed by atoms with Gasteiger partial charge in [0.2, 0.25) is 5.91 Å². The number of carbonyl (C=O) groups excluding carboxylic acids is 1. The van der Waals surface area contributed by atoms with Crippen LogP contribution in [0.3, 0.4) is 0 Å². The standard InChI is InChI=1S/C21H30N2O2/c1-25-19-10-3-2-8-17(19)18-9-5-11-23(18)21(24)16-12-14-6-4-7-15(13-16)20(14)22/h2-3,8,10,14-16,18,20H,4-7,9,11-13,22H2,1H3. The molecule has 25 heavy (non-hydrogen) atoms. The van der Waals surface area contributed by atoms with Crippen LogP contribution >= 0.6 is 0 Å². The molecule has 0 aromatic heterocycles. The van der Waals surface area contributed by atoms with E-state index in [1.165, 1.54) is 19.3 Å². The molecule has 3 fully saturated rings. The largest absolute Gasteiger partial charge is 0.496 e. The van der Waals surface area contributed by atoms with Crippen molar-refractivity contribution in [1.29, 1.82) is 0 Å². The van der Waals surface area contributed by atoms with E-state index in [0.29, 0.717) is 23.8 Å². The average Bonchev–Trinajstić information content (AvgIpc) is 3.10. The van der Waals surface area contributed by atoms with Gasteiger partial charge in [-0.05, 0) is 56.4 Å². The number of benzene rings is 1. The van der Waals surface area contributed by atoms with Crippen molar-refractivity contribution in [3.05, 3.63) is 29.8 Å². The maximum Gasteiger partial charge on any atom is 0.226 e. The van der Waals surface area contributed by atoms with Crippen molar-refractivity contribution in [3.8, 4) is 5.75 Å². The van der Waals surface area contributed by atoms with Gasteiger partial charge in [-0.15, -0.1) is 0 Å². The van der Waals surface area contributed by atoms with E-state index < -0.39 is 0 Å². The van der Waals surface area contributed by atoms with Crippen molar-refractivity contribution in [3.63, 3.8) is 0 Å². The first-order chi connectivity index (χ1) is 12.2. The molecule has 2 aliphatic carbocycles. The molecule has 2 saturated carbocycles. The van der Waals surface area contributed by atoms with Crippen LogP contribution in [-0.2, 0) is 4.79 Å². The number of hydrogen-bond donors (Lipinski definition) is 1. The second-order valence-corrected chi connectivity index (χ2v) is 8.13. The van der Waals surface area contributed by atoms with E-state index in [1.54, 1.807) is 7.11 Å². The zero-order chi connectivity index (χ0) is 17.4. The van der Waals surface area contributed by atoms with Gasteiger partial charge in [0.05, 0.1) is 13.2 Å². The summed E-state index contributed by atoms with van der Waals surface area (Å²) in [6.07, 6.45) is 7.79. The van der Waals surface area contributed by atoms with Gasteiger partial charge in [-0.2, -0.15) is 0 Å². The summed E-state index contributed by atoms with van der Waals surface area (Å²) < 4.78 is 5.55. The predicted molar refractivity (Wildman–Crippen MR) is 98.2 cm³/mol. The number of fused-ring (bicyclic) bond motifs is 2. The fourth-order valence-electron chi connectivity index (χ4n) is 5.52. The Morgan fingerprint density at radius 1 is 1.12 bits per heavy atom. The first-order valence-corrected chi connectivity index (χ1v) is 9.88. The Morgan fingerprint density at radius 3 is 2.56 bits per heavy atom. The van der Waals surface area contributed by atoms with E-state index >= 15 is 0 Å². The van der Waals surface area contributed by atoms with Crippen molar-refractivity contribution in [2.24, 2.45) is 23.5 Å². The molecule has 0 radical (unpaired) electrons. The number of nitrogens with two attached hydrogens (primary N) is 1. The minimum absolute atomic E-state index is 0.166. The van der Waals surface area contributed by atoms with E-state index in [0.717, 1.165) is 43.5 Å². The SMILES string of the molecule is COc1ccccc1C1CCCN1C(=O)C1CC2CCCC(C1)C2N. The topological polar surface area (TPSA) is 55.6 Å². The van der Waals surface area contributed by atoms with Crippen LogP contribution in [0, 0.1) is 17.8 Å². The van der Waals surface area contributed by atoms with Crippen LogP contribution in [0.25, 0.3) is 0 Å². The quantitative estimate of drug-likeness (QED) is 0.914. The lowest BCUT2D eigenvalue weighted by molar-refractivity contribution is -0.139. The molecule has 1 aromatic rings. The zero-order valence-corrected chi connectivity index (χ0v) is 15.2. The summed E-state index contributed by atoms with van der Waals surface area (Å²) in [5, 5.41) is 0. The fraction of sp³-hybridized carbons (Fsp3) is 0.667. The lowest BCUT2D eigenvalue weighted by atomic mass is 9.65. The van der Waals surface area contributed by atoms with Crippen molar-refractivity contribution >= 4 is 5.91 Å². The van der Waals surface area contributed by atoms with Crippen LogP contribution in [0.4, 0.5) is 0 Å². The van der Waals surface area contributed by atoms with Crippen LogP contribution in [0.15, 0.2) is 24.3 Å². The van der Waals surface area contributed by atoms with Gasteiger partial charge in [-0.1, -0.05) is 24.6 Å². The van der Waals surface area contributed by atoms with Gasteiger partial charge in [0.25, 0.3) is 0 Å². The molecule has 1 aliphatic heterocycles. The molecule has 3 unspecified atom stereocenters. The van der Waals surface area contributed by atoms with Crippen molar-refractivity contribution < 1.29 is 9.53 Å². The molecule has 1 aromatic carbocycles. The Labute approximate surface area is 150 Å². The zero-order valence-electron chi connectivity index (χ0n) is 15.2. The second kappa shape index (κ2) is 6.99. The van der Waals surface area contributed by atoms with Crippen LogP contribution in [0.5, 0.6) is 5.75 Å². The molecule has 1 heterocycles. The van der Waals surface area contributed by atoms with Gasteiger partial charge in [-0.3, -0.25) is 4.79 Å². The molecule has 4 heteroatoms. The molecule has 3 atom stereocenters. The highest BCUT2D eigenvalue weighted by molar-refractivity contribution is 5.80. The molecule has 2 N–H and O–H groups in total. The maximum atomic E-state index is 13.4. The summed E-state index contributed by atoms with van der Waals surface area (Å²) >= 11 is 0. The van der Waals surface area contributed by atoms with E-state index in [9.17, 15) is 4.79 Å². The molecular weight excluding hydrogens is 312 g/mol. The van der Waals surface area contributed by atoms with E-state index in [-0.39, 0.29) is 12.0 Å². The molecular formula is C21H30N2O2. The van der Waals surface area contributed by atoms with Gasteiger partial charge in [0, 0.05) is 24.1 Å². The summed E-state index contributed by atoms with van der Waals surface area (Å²) in [6, 6.07) is 8.64. The Morgan fingerprint density at radius 2 is 1.84 bits per heavy atom. The number of carbonyl (C=O) groups is 1. The van der Waals surface area contributed by atoms with Crippen LogP contribution in [-0.4, -0.2) is 30.5 Å². The molecule has 3 aliphatic rings. The lowest BCUT2D eigenvalue weighted by Gasteiger charge is -2.44. The fourth-order valence-corrected chi connectivity index (χ4v) is 5.52. The molecule has 136 valence electrons. The number of ether oxygens (including phenoxy) is 1. The van der Waals surface area contributed by atoms with E-state index in [1.807, 2.05) is 18.2 Å². The molecule has 4 rings (SSSR count). The number of rotatable bonds is 3. The van der Waals surface area contributed by atoms with Gasteiger partial charge in [-0.25, -0.2) is 0 Å². The molecule has 0 spiro atoms. The maximum absolute atomic E-state index is 13.4. The number of methoxy groups -OCH3 is 1. The van der Waals surface area contributed by atoms with Crippen molar-refractivity contribution in [2.75, 3.05) is 13.7 Å². The third kappa shape index (κ3) is 3.05. The van der Waals surface area contributed by atoms with Crippen LogP contribution < -0.4 is 10.5 Å². The second-order valence-electron chi connectivity index (χ2n) is 8.13. The Bertz CT molecular complexity index is 618. The highest BCUT2D eigenvalue weighted by Crippen LogP contribution is 2.44. The average molecular weight is 342 g/mol. The Balaban J connectivity index is 1.53. The summed E-state index contributed by atoms with van der Waals surface area (Å²) in [7, 11) is 1.71. The normalized spacial score (nSPS) is 34.8. The number of nitrogens with zero attached hydrogens (tertiary/aromatic N) is 1. The minimum atomic E-state index is 0.166. The summed E-state index contributed by atoms with van der Waals surface area (Å²) in [5.41, 5.74) is 7.57. The van der Waals surface area contributed by atoms with E-state index in [4.69, 9.17) is 10.5 Å². The first-order valence-electron chi connectivity index (χ1n) is 9.88. The molecule has 1 amide bonds. The summed E-state index contributed by atoms with van der Waals surface area (Å²) in [4.78, 5) is 15.5. The van der Waals surface area contributed by atoms with Gasteiger partial charge < -0.3 is 15.4 Å². The Kier molecular flexibility index (Phi) is 4.72. The number of amides is 1. The van der Waals surface area contributed by atoms with Crippen molar-refractivity contribution in [2.45, 2.75) is 57.0 Å². The predicted octanol–water partition coefficient (Wildman–Crippen LogP) is 3.51. The van der Waals surface area contributed by atoms with Gasteiger partial charge in [0.1, 0.15) is 5.75 Å². The smallest absolute Gasteiger partial charge is 0.226 e. The van der Waals surface area contributed by atoms with Crippen LogP contribution in [0.1, 0.15) is 56.6 Å². The molecule has 1 saturated heterocycles. The number of likely N-dealkylation sites (tertiary alicyclic amines) is 1. The lowest BCUT2D eigenvalue weighted by Crippen LogP contribution is -2.49. The number of hydrogen-bond acceptors (Lipinski definition) is 3. The minimum Gasteiger partial charge on any atom is -0.496 e. The van der Waals surface area contributed by atoms with E-state index in [2.05, 4.69) is 11.0 Å². The molecule has 4 nitrogen and oxygen atoms in total. The van der Waals surface area contributed by atoms with Gasteiger partial charge >= 0.3 is 0 Å². The first kappa shape index (κ1) is 16.9. The summed E-state index contributed by atoms with van der Waals surface area (Å²) in [6.45, 7) is 0.874. The highest BCUT2D eigenvalue weighted by atomic mass is 16.5. The third-order valence-corrected chi connectivity index (χ3v) is 6.80. The molecule has 2 bridgehead atoms.